The van der Waals surface area contributed by atoms with Crippen molar-refractivity contribution in [2.45, 2.75) is 0 Å². The zero-order chi connectivity index (χ0) is 8.43. The number of nitrogens with one attached hydrogen (secondary N) is 1. The third kappa shape index (κ3) is 2.21. The van der Waals surface area contributed by atoms with Crippen molar-refractivity contribution in [1.82, 2.24) is 0 Å². The van der Waals surface area contributed by atoms with E-state index in [0.29, 0.717) is 20.2 Å². The molecule has 0 fully saturated rings. The average Bonchev–Trinajstić information content (AvgIpc) is 1.85. The van der Waals surface area contributed by atoms with Crippen molar-refractivity contribution < 1.29 is 0 Å². The molecule has 0 unspecified atom stereocenters. The molecule has 0 heterocycles. The normalized spacial score (nSPS) is 9.64. The van der Waals surface area contributed by atoms with E-state index in [0.717, 1.165) is 0 Å². The van der Waals surface area contributed by atoms with Crippen molar-refractivity contribution in [2.75, 3.05) is 0 Å². The molecule has 11 heavy (non-hydrogen) atoms. The predicted octanol–water partition coefficient (Wildman–Crippen LogP) is 2.49. The second-order valence-corrected chi connectivity index (χ2v) is 3.65. The summed E-state index contributed by atoms with van der Waals surface area (Å²) in [4.78, 5) is 0. The van der Waals surface area contributed by atoms with E-state index >= 15 is 0 Å². The van der Waals surface area contributed by atoms with Crippen LogP contribution < -0.4 is 0 Å². The zero-order valence-electron chi connectivity index (χ0n) is 5.40. The molecule has 57 valence electrons. The SMILES string of the molecule is N=C([Se])c1ccc(Cl)cc1Cl. The van der Waals surface area contributed by atoms with Gasteiger partial charge in [0, 0.05) is 0 Å². The van der Waals surface area contributed by atoms with E-state index in [9.17, 15) is 0 Å². The Morgan fingerprint density at radius 2 is 2.00 bits per heavy atom. The molecule has 0 aliphatic rings. The molecule has 1 aromatic rings. The van der Waals surface area contributed by atoms with Crippen LogP contribution in [-0.4, -0.2) is 20.6 Å². The van der Waals surface area contributed by atoms with E-state index in [1.54, 1.807) is 18.2 Å². The van der Waals surface area contributed by atoms with Crippen LogP contribution in [0.1, 0.15) is 5.56 Å². The summed E-state index contributed by atoms with van der Waals surface area (Å²) in [5.74, 6) is 0. The third-order valence-electron chi connectivity index (χ3n) is 1.18. The summed E-state index contributed by atoms with van der Waals surface area (Å²) in [6, 6.07) is 5.03. The van der Waals surface area contributed by atoms with E-state index in [1.165, 1.54) is 0 Å². The fourth-order valence-corrected chi connectivity index (χ4v) is 1.68. The molecule has 0 bridgehead atoms. The number of rotatable bonds is 1. The molecule has 1 N–H and O–H groups in total. The van der Waals surface area contributed by atoms with E-state index < -0.39 is 0 Å². The minimum atomic E-state index is 0.326. The van der Waals surface area contributed by atoms with E-state index in [2.05, 4.69) is 16.0 Å². The van der Waals surface area contributed by atoms with Gasteiger partial charge in [-0.25, -0.2) is 0 Å². The summed E-state index contributed by atoms with van der Waals surface area (Å²) in [5, 5.41) is 8.35. The van der Waals surface area contributed by atoms with E-state index in [4.69, 9.17) is 28.6 Å². The van der Waals surface area contributed by atoms with E-state index in [1.807, 2.05) is 0 Å². The van der Waals surface area contributed by atoms with E-state index in [-0.39, 0.29) is 0 Å². The topological polar surface area (TPSA) is 23.9 Å². The Hall–Kier alpha value is -0.0105. The Labute approximate surface area is 83.0 Å². The van der Waals surface area contributed by atoms with Crippen LogP contribution >= 0.6 is 23.2 Å². The molecule has 0 aliphatic carbocycles. The van der Waals surface area contributed by atoms with Crippen molar-refractivity contribution in [2.24, 2.45) is 0 Å². The maximum absolute atomic E-state index is 7.26. The van der Waals surface area contributed by atoms with Crippen LogP contribution in [0.3, 0.4) is 0 Å². The first-order chi connectivity index (χ1) is 5.11. The molecule has 0 saturated carbocycles. The standard InChI is InChI=1S/C7H4Cl2NSe/c8-4-1-2-5(7(10)11)6(9)3-4/h1-3,10H. The average molecular weight is 252 g/mol. The van der Waals surface area contributed by atoms with Crippen LogP contribution in [0.5, 0.6) is 0 Å². The molecule has 1 radical (unpaired) electrons. The van der Waals surface area contributed by atoms with Gasteiger partial charge in [0.2, 0.25) is 0 Å². The zero-order valence-corrected chi connectivity index (χ0v) is 8.62. The van der Waals surface area contributed by atoms with Gasteiger partial charge in [-0.3, -0.25) is 0 Å². The molecule has 1 aromatic carbocycles. The summed E-state index contributed by atoms with van der Waals surface area (Å²) in [7, 11) is 0. The number of hydrogen-bond donors (Lipinski definition) is 1. The van der Waals surface area contributed by atoms with Gasteiger partial charge in [0.25, 0.3) is 0 Å². The monoisotopic (exact) mass is 252 g/mol. The number of halogens is 2. The molecule has 1 rings (SSSR count). The molecular formula is C7H4Cl2NSe. The van der Waals surface area contributed by atoms with Gasteiger partial charge in [0.15, 0.2) is 0 Å². The van der Waals surface area contributed by atoms with Gasteiger partial charge >= 0.3 is 83.0 Å². The summed E-state index contributed by atoms with van der Waals surface area (Å²) in [5.41, 5.74) is 0.677. The second-order valence-electron chi connectivity index (χ2n) is 1.95. The van der Waals surface area contributed by atoms with Crippen molar-refractivity contribution in [1.29, 1.82) is 5.41 Å². The van der Waals surface area contributed by atoms with Crippen LogP contribution in [-0.2, 0) is 0 Å². The van der Waals surface area contributed by atoms with Gasteiger partial charge in [-0.1, -0.05) is 0 Å². The van der Waals surface area contributed by atoms with Crippen molar-refractivity contribution in [3.05, 3.63) is 33.8 Å². The Bertz CT molecular complexity index is 298. The maximum atomic E-state index is 7.26. The molecule has 0 amide bonds. The Morgan fingerprint density at radius 3 is 2.45 bits per heavy atom. The molecular weight excluding hydrogens is 248 g/mol. The summed E-state index contributed by atoms with van der Waals surface area (Å²) in [6.45, 7) is 0. The first-order valence-electron chi connectivity index (χ1n) is 2.82. The van der Waals surface area contributed by atoms with Gasteiger partial charge in [-0.2, -0.15) is 0 Å². The quantitative estimate of drug-likeness (QED) is 0.586. The van der Waals surface area contributed by atoms with Crippen LogP contribution in [0.2, 0.25) is 10.0 Å². The van der Waals surface area contributed by atoms with Crippen molar-refractivity contribution in [3.63, 3.8) is 0 Å². The van der Waals surface area contributed by atoms with Crippen LogP contribution in [0, 0.1) is 5.41 Å². The van der Waals surface area contributed by atoms with Crippen LogP contribution in [0.4, 0.5) is 0 Å². The fraction of sp³-hybridized carbons (Fsp3) is 0. The van der Waals surface area contributed by atoms with Gasteiger partial charge in [-0.15, -0.1) is 0 Å². The molecule has 0 aliphatic heterocycles. The van der Waals surface area contributed by atoms with Crippen LogP contribution in [0.25, 0.3) is 0 Å². The van der Waals surface area contributed by atoms with Gasteiger partial charge < -0.3 is 0 Å². The molecule has 0 spiro atoms. The fourth-order valence-electron chi connectivity index (χ4n) is 0.674. The minimum absolute atomic E-state index is 0.326. The molecule has 0 saturated heterocycles. The first kappa shape index (κ1) is 9.08. The summed E-state index contributed by atoms with van der Waals surface area (Å²) in [6.07, 6.45) is 0. The Balaban J connectivity index is 3.20. The van der Waals surface area contributed by atoms with Crippen molar-refractivity contribution >= 4 is 43.8 Å². The van der Waals surface area contributed by atoms with Gasteiger partial charge in [0.1, 0.15) is 0 Å². The van der Waals surface area contributed by atoms with Crippen molar-refractivity contribution in [3.8, 4) is 0 Å². The van der Waals surface area contributed by atoms with Crippen LogP contribution in [0.15, 0.2) is 18.2 Å². The molecule has 0 aromatic heterocycles. The predicted molar refractivity (Wildman–Crippen MR) is 49.0 cm³/mol. The second kappa shape index (κ2) is 3.59. The molecule has 1 nitrogen and oxygen atoms in total. The van der Waals surface area contributed by atoms with Gasteiger partial charge in [-0.05, 0) is 0 Å². The van der Waals surface area contributed by atoms with Gasteiger partial charge in [0.05, 0.1) is 0 Å². The Kier molecular flexibility index (Phi) is 2.97. The third-order valence-corrected chi connectivity index (χ3v) is 2.18. The molecule has 0 atom stereocenters. The number of benzene rings is 1. The summed E-state index contributed by atoms with van der Waals surface area (Å²) >= 11 is 14.0. The Morgan fingerprint density at radius 1 is 1.36 bits per heavy atom. The summed E-state index contributed by atoms with van der Waals surface area (Å²) < 4.78 is 0.326. The number of hydrogen-bond acceptors (Lipinski definition) is 1. The molecule has 4 heteroatoms. The first-order valence-corrected chi connectivity index (χ1v) is 4.43.